The number of ether oxygens (including phenoxy) is 1. The van der Waals surface area contributed by atoms with Gasteiger partial charge in [-0.15, -0.1) is 0 Å². The van der Waals surface area contributed by atoms with Crippen LogP contribution in [0.15, 0.2) is 30.6 Å². The monoisotopic (exact) mass is 437 g/mol. The average molecular weight is 438 g/mol. The number of nitrogens with one attached hydrogen (secondary N) is 1. The lowest BCUT2D eigenvalue weighted by Crippen LogP contribution is -2.57. The van der Waals surface area contributed by atoms with Gasteiger partial charge in [-0.05, 0) is 37.5 Å². The number of benzene rings is 1. The Morgan fingerprint density at radius 2 is 2.03 bits per heavy atom. The lowest BCUT2D eigenvalue weighted by atomic mass is 9.81. The third-order valence-corrected chi connectivity index (χ3v) is 6.33. The Morgan fingerprint density at radius 1 is 1.25 bits per heavy atom. The minimum Gasteiger partial charge on any atom is -0.497 e. The lowest BCUT2D eigenvalue weighted by Gasteiger charge is -2.34. The standard InChI is InChI=1S/C23H27N5O4/c1-14-10-25-19(11-24-14)22(31)28-12-18(21(30)27(2)3)23(13-28)8-7-15-5-6-16(32-4)9-17(15)20(29)26-23/h5-6,9-11,18H,7-8,12-13H2,1-4H3,(H,26,29)/t18-,23+/m1/s1. The van der Waals surface area contributed by atoms with Crippen molar-refractivity contribution >= 4 is 17.7 Å². The summed E-state index contributed by atoms with van der Waals surface area (Å²) >= 11 is 0. The van der Waals surface area contributed by atoms with Gasteiger partial charge in [-0.25, -0.2) is 4.98 Å². The fourth-order valence-corrected chi connectivity index (χ4v) is 4.56. The third-order valence-electron chi connectivity index (χ3n) is 6.33. The molecule has 0 unspecified atom stereocenters. The molecule has 1 N–H and O–H groups in total. The molecule has 2 atom stereocenters. The maximum Gasteiger partial charge on any atom is 0.274 e. The van der Waals surface area contributed by atoms with Crippen LogP contribution >= 0.6 is 0 Å². The largest absolute Gasteiger partial charge is 0.497 e. The smallest absolute Gasteiger partial charge is 0.274 e. The van der Waals surface area contributed by atoms with E-state index in [2.05, 4.69) is 15.3 Å². The van der Waals surface area contributed by atoms with E-state index in [1.54, 1.807) is 45.3 Å². The topological polar surface area (TPSA) is 105 Å². The van der Waals surface area contributed by atoms with E-state index >= 15 is 0 Å². The van der Waals surface area contributed by atoms with Crippen molar-refractivity contribution < 1.29 is 19.1 Å². The van der Waals surface area contributed by atoms with Gasteiger partial charge in [0.25, 0.3) is 11.8 Å². The number of nitrogens with zero attached hydrogens (tertiary/aromatic N) is 4. The molecule has 1 fully saturated rings. The van der Waals surface area contributed by atoms with Gasteiger partial charge in [-0.3, -0.25) is 19.4 Å². The maximum absolute atomic E-state index is 13.2. The highest BCUT2D eigenvalue weighted by Crippen LogP contribution is 2.37. The number of likely N-dealkylation sites (tertiary alicyclic amines) is 1. The zero-order chi connectivity index (χ0) is 23.0. The van der Waals surface area contributed by atoms with Crippen LogP contribution in [-0.2, 0) is 11.2 Å². The Kier molecular flexibility index (Phi) is 5.58. The summed E-state index contributed by atoms with van der Waals surface area (Å²) in [5.74, 6) is -0.669. The molecule has 0 saturated carbocycles. The molecule has 1 aromatic carbocycles. The predicted molar refractivity (Wildman–Crippen MR) is 116 cm³/mol. The van der Waals surface area contributed by atoms with E-state index in [1.165, 1.54) is 11.1 Å². The van der Waals surface area contributed by atoms with Crippen molar-refractivity contribution in [2.75, 3.05) is 34.3 Å². The van der Waals surface area contributed by atoms with Gasteiger partial charge >= 0.3 is 0 Å². The first-order valence-corrected chi connectivity index (χ1v) is 10.5. The second kappa shape index (κ2) is 8.22. The highest BCUT2D eigenvalue weighted by Gasteiger charge is 2.53. The molecule has 9 heteroatoms. The molecule has 0 bridgehead atoms. The summed E-state index contributed by atoms with van der Waals surface area (Å²) < 4.78 is 5.28. The van der Waals surface area contributed by atoms with Gasteiger partial charge in [-0.1, -0.05) is 6.07 Å². The number of carbonyl (C=O) groups excluding carboxylic acids is 3. The number of methoxy groups -OCH3 is 1. The van der Waals surface area contributed by atoms with E-state index in [0.717, 1.165) is 5.56 Å². The molecular formula is C23H27N5O4. The van der Waals surface area contributed by atoms with Gasteiger partial charge in [0.1, 0.15) is 11.4 Å². The van der Waals surface area contributed by atoms with E-state index in [0.29, 0.717) is 29.8 Å². The Bertz CT molecular complexity index is 1070. The molecule has 0 radical (unpaired) electrons. The van der Waals surface area contributed by atoms with E-state index in [1.807, 2.05) is 12.1 Å². The van der Waals surface area contributed by atoms with E-state index in [-0.39, 0.29) is 36.5 Å². The Balaban J connectivity index is 1.68. The van der Waals surface area contributed by atoms with Crippen LogP contribution in [-0.4, -0.2) is 77.3 Å². The van der Waals surface area contributed by atoms with Crippen molar-refractivity contribution in [3.05, 3.63) is 53.1 Å². The van der Waals surface area contributed by atoms with E-state index in [9.17, 15) is 14.4 Å². The number of carbonyl (C=O) groups is 3. The summed E-state index contributed by atoms with van der Waals surface area (Å²) in [6, 6.07) is 5.43. The first-order valence-electron chi connectivity index (χ1n) is 10.5. The van der Waals surface area contributed by atoms with Gasteiger partial charge in [0.15, 0.2) is 0 Å². The SMILES string of the molecule is COc1ccc2c(c1)C(=O)N[C@@]1(CC2)CN(C(=O)c2cnc(C)cn2)C[C@@H]1C(=O)N(C)C. The Labute approximate surface area is 186 Å². The number of aromatic nitrogens is 2. The molecule has 1 aromatic heterocycles. The Morgan fingerprint density at radius 3 is 2.69 bits per heavy atom. The van der Waals surface area contributed by atoms with Crippen LogP contribution in [0.3, 0.4) is 0 Å². The molecule has 1 saturated heterocycles. The first-order chi connectivity index (χ1) is 15.2. The van der Waals surface area contributed by atoms with Gasteiger partial charge < -0.3 is 19.9 Å². The van der Waals surface area contributed by atoms with Crippen molar-refractivity contribution in [2.45, 2.75) is 25.3 Å². The van der Waals surface area contributed by atoms with Crippen molar-refractivity contribution in [3.63, 3.8) is 0 Å². The number of aryl methyl sites for hydroxylation is 2. The van der Waals surface area contributed by atoms with Crippen LogP contribution in [0.4, 0.5) is 0 Å². The van der Waals surface area contributed by atoms with Gasteiger partial charge in [0, 0.05) is 38.9 Å². The van der Waals surface area contributed by atoms with Gasteiger partial charge in [0.2, 0.25) is 5.91 Å². The molecule has 4 rings (SSSR count). The number of hydrogen-bond donors (Lipinski definition) is 1. The minimum absolute atomic E-state index is 0.126. The zero-order valence-corrected chi connectivity index (χ0v) is 18.7. The molecular weight excluding hydrogens is 410 g/mol. The van der Waals surface area contributed by atoms with Crippen LogP contribution in [0, 0.1) is 12.8 Å². The fourth-order valence-electron chi connectivity index (χ4n) is 4.56. The molecule has 2 aliphatic heterocycles. The number of fused-ring (bicyclic) bond motifs is 1. The molecule has 168 valence electrons. The molecule has 0 aliphatic carbocycles. The Hall–Kier alpha value is -3.49. The van der Waals surface area contributed by atoms with Crippen LogP contribution in [0.2, 0.25) is 0 Å². The van der Waals surface area contributed by atoms with E-state index in [4.69, 9.17) is 4.74 Å². The second-order valence-electron chi connectivity index (χ2n) is 8.65. The first kappa shape index (κ1) is 21.7. The number of rotatable bonds is 3. The molecule has 1 spiro atoms. The number of hydrogen-bond acceptors (Lipinski definition) is 6. The van der Waals surface area contributed by atoms with Crippen molar-refractivity contribution in [2.24, 2.45) is 5.92 Å². The fraction of sp³-hybridized carbons (Fsp3) is 0.435. The summed E-state index contributed by atoms with van der Waals surface area (Å²) in [6.07, 6.45) is 4.12. The summed E-state index contributed by atoms with van der Waals surface area (Å²) in [5.41, 5.74) is 1.48. The van der Waals surface area contributed by atoms with Gasteiger partial charge in [0.05, 0.1) is 30.5 Å². The molecule has 2 aliphatic rings. The molecule has 9 nitrogen and oxygen atoms in total. The third kappa shape index (κ3) is 3.79. The summed E-state index contributed by atoms with van der Waals surface area (Å²) in [7, 11) is 4.92. The van der Waals surface area contributed by atoms with Crippen LogP contribution in [0.25, 0.3) is 0 Å². The van der Waals surface area contributed by atoms with Crippen LogP contribution in [0.5, 0.6) is 5.75 Å². The zero-order valence-electron chi connectivity index (χ0n) is 18.7. The molecule has 32 heavy (non-hydrogen) atoms. The van der Waals surface area contributed by atoms with Crippen molar-refractivity contribution in [1.29, 1.82) is 0 Å². The lowest BCUT2D eigenvalue weighted by molar-refractivity contribution is -0.134. The van der Waals surface area contributed by atoms with Crippen LogP contribution < -0.4 is 10.1 Å². The summed E-state index contributed by atoms with van der Waals surface area (Å²) in [4.78, 5) is 51.0. The maximum atomic E-state index is 13.2. The summed E-state index contributed by atoms with van der Waals surface area (Å²) in [5, 5.41) is 3.12. The normalized spacial score (nSPS) is 22.2. The quantitative estimate of drug-likeness (QED) is 0.770. The molecule has 3 amide bonds. The number of amides is 3. The van der Waals surface area contributed by atoms with Crippen molar-refractivity contribution in [3.8, 4) is 5.75 Å². The highest BCUT2D eigenvalue weighted by atomic mass is 16.5. The summed E-state index contributed by atoms with van der Waals surface area (Å²) in [6.45, 7) is 2.22. The molecule has 2 aromatic rings. The highest BCUT2D eigenvalue weighted by molar-refractivity contribution is 5.98. The van der Waals surface area contributed by atoms with Crippen LogP contribution in [0.1, 0.15) is 38.5 Å². The minimum atomic E-state index is -0.877. The molecule has 3 heterocycles. The van der Waals surface area contributed by atoms with Gasteiger partial charge in [-0.2, -0.15) is 0 Å². The predicted octanol–water partition coefficient (Wildman–Crippen LogP) is 1.07. The average Bonchev–Trinajstić information content (AvgIpc) is 3.09. The second-order valence-corrected chi connectivity index (χ2v) is 8.65. The van der Waals surface area contributed by atoms with E-state index < -0.39 is 11.5 Å². The van der Waals surface area contributed by atoms with Crippen molar-refractivity contribution in [1.82, 2.24) is 25.1 Å².